The Morgan fingerprint density at radius 1 is 0.947 bits per heavy atom. The van der Waals surface area contributed by atoms with Crippen LogP contribution in [0.4, 0.5) is 5.69 Å². The molecule has 220 valence electrons. The molecule has 0 amide bonds. The highest BCUT2D eigenvalue weighted by Crippen LogP contribution is 2.61. The molecule has 19 heteroatoms. The zero-order chi connectivity index (χ0) is 29.9. The molecule has 0 saturated carbocycles. The maximum Gasteiger partial charge on any atom is 0.341 e. The molecule has 0 saturated heterocycles. The van der Waals surface area contributed by atoms with Crippen molar-refractivity contribution < 1.29 is 67.5 Å². The lowest BCUT2D eigenvalue weighted by Crippen LogP contribution is -2.24. The summed E-state index contributed by atoms with van der Waals surface area (Å²) in [4.78, 5) is 83.8. The Hall–Kier alpha value is -0.980. The molecule has 0 fully saturated rings. The summed E-state index contributed by atoms with van der Waals surface area (Å²) in [6, 6.07) is 5.43. The van der Waals surface area contributed by atoms with Gasteiger partial charge in [-0.1, -0.05) is 12.4 Å². The van der Waals surface area contributed by atoms with E-state index in [2.05, 4.69) is 12.9 Å². The number of rotatable bonds is 15. The summed E-state index contributed by atoms with van der Waals surface area (Å²) in [6.45, 7) is 3.68. The molecule has 0 spiro atoms. The molecule has 2 atom stereocenters. The number of hydrogen-bond donors (Lipinski definition) is 10. The number of benzene rings is 1. The first-order valence-corrected chi connectivity index (χ1v) is 17.9. The van der Waals surface area contributed by atoms with Gasteiger partial charge in [0.25, 0.3) is 0 Å². The fraction of sp³-hybridized carbons (Fsp3) is 0.474. The molecule has 1 aromatic carbocycles. The van der Waals surface area contributed by atoms with Gasteiger partial charge in [-0.2, -0.15) is 0 Å². The van der Waals surface area contributed by atoms with E-state index in [4.69, 9.17) is 39.8 Å². The summed E-state index contributed by atoms with van der Waals surface area (Å²) in [5.41, 5.74) is 5.86. The van der Waals surface area contributed by atoms with Gasteiger partial charge in [0.15, 0.2) is 11.2 Å². The number of hydrogen-bond acceptors (Lipinski definition) is 9. The van der Waals surface area contributed by atoms with Crippen LogP contribution < -0.4 is 5.73 Å². The third kappa shape index (κ3) is 17.6. The van der Waals surface area contributed by atoms with Crippen LogP contribution in [0.3, 0.4) is 0 Å². The van der Waals surface area contributed by atoms with Crippen molar-refractivity contribution >= 4 is 47.9 Å². The van der Waals surface area contributed by atoms with E-state index in [1.807, 2.05) is 0 Å². The minimum atomic E-state index is -5.09. The van der Waals surface area contributed by atoms with Crippen molar-refractivity contribution in [3.8, 4) is 0 Å². The van der Waals surface area contributed by atoms with Crippen LogP contribution in [0.1, 0.15) is 23.2 Å². The van der Waals surface area contributed by atoms with Crippen LogP contribution in [-0.2, 0) is 18.4 Å². The lowest BCUT2D eigenvalue weighted by molar-refractivity contribution is 0.0377. The number of ether oxygens (including phenoxy) is 1. The zero-order valence-electron chi connectivity index (χ0n) is 20.2. The predicted octanol–water partition coefficient (Wildman–Crippen LogP) is 0.521. The molecule has 38 heavy (non-hydrogen) atoms. The van der Waals surface area contributed by atoms with Gasteiger partial charge in [-0.15, -0.1) is 6.58 Å². The summed E-state index contributed by atoms with van der Waals surface area (Å²) < 4.78 is 38.0. The summed E-state index contributed by atoms with van der Waals surface area (Å²) >= 11 is 0. The minimum absolute atomic E-state index is 0.000638. The van der Waals surface area contributed by atoms with Gasteiger partial charge in [-0.05, 0) is 36.6 Å². The van der Waals surface area contributed by atoms with E-state index in [0.717, 1.165) is 0 Å². The van der Waals surface area contributed by atoms with E-state index >= 15 is 0 Å². The van der Waals surface area contributed by atoms with Gasteiger partial charge >= 0.3 is 22.8 Å². The molecule has 0 aromatic heterocycles. The van der Waals surface area contributed by atoms with Crippen molar-refractivity contribution in [2.75, 3.05) is 31.3 Å². The second kappa shape index (κ2) is 15.7. The minimum Gasteiger partial charge on any atom is -0.399 e. The Balaban J connectivity index is 0.000000721. The first-order chi connectivity index (χ1) is 17.0. The van der Waals surface area contributed by atoms with Crippen LogP contribution in [0.2, 0.25) is 0 Å². The SMILES string of the molecule is C=CCOCC(O)CC(CP(=C)(O)O)CP(=O)(O)O.Nc1ccc(C(=O)CC(P(=O)(O)O)P(=O)(O)O)cc1. The molecule has 1 aromatic rings. The monoisotopic (exact) mass is 625 g/mol. The molecule has 0 bridgehead atoms. The Morgan fingerprint density at radius 3 is 1.84 bits per heavy atom. The highest BCUT2D eigenvalue weighted by molar-refractivity contribution is 7.70. The number of Topliss-reactive ketones (excluding diaryl/α,β-unsaturated/α-hetero) is 1. The summed E-state index contributed by atoms with van der Waals surface area (Å²) in [7, 11) is -17.9. The summed E-state index contributed by atoms with van der Waals surface area (Å²) in [5.74, 6) is -1.51. The first kappa shape index (κ1) is 37.0. The lowest BCUT2D eigenvalue weighted by atomic mass is 10.1. The van der Waals surface area contributed by atoms with E-state index in [1.54, 1.807) is 0 Å². The summed E-state index contributed by atoms with van der Waals surface area (Å²) in [5, 5.41) is 7.33. The molecule has 0 aliphatic rings. The number of nitrogen functional groups attached to an aromatic ring is 1. The Bertz CT molecular complexity index is 1040. The molecule has 0 heterocycles. The highest BCUT2D eigenvalue weighted by Gasteiger charge is 2.44. The first-order valence-electron chi connectivity index (χ1n) is 10.6. The van der Waals surface area contributed by atoms with Gasteiger partial charge in [-0.3, -0.25) is 18.5 Å². The molecule has 2 unspecified atom stereocenters. The maximum atomic E-state index is 11.7. The molecule has 0 aliphatic carbocycles. The third-order valence-electron chi connectivity index (χ3n) is 4.58. The largest absolute Gasteiger partial charge is 0.399 e. The standard InChI is InChI=1S/C10H22O7P2.C9H13NO7P2/c1-3-4-17-6-10(11)5-9(7-18(2,12)13)8-19(14,15)16;10-7-3-1-6(2-4-7)8(11)5-9(18(12,13)14)19(15,16)17/h3,9-13H,1-2,4-8H2,(H2,14,15,16);1-4,9H,5,10H2,(H2,12,13,14)(H2,15,16,17). The van der Waals surface area contributed by atoms with Crippen molar-refractivity contribution in [3.63, 3.8) is 0 Å². The van der Waals surface area contributed by atoms with Crippen molar-refractivity contribution in [2.45, 2.75) is 24.3 Å². The maximum absolute atomic E-state index is 11.7. The van der Waals surface area contributed by atoms with E-state index in [9.17, 15) is 33.4 Å². The number of aliphatic hydroxyl groups excluding tert-OH is 1. The fourth-order valence-corrected chi connectivity index (χ4v) is 7.72. The fourth-order valence-electron chi connectivity index (χ4n) is 3.08. The quantitative estimate of drug-likeness (QED) is 0.0418. The molecular formula is C19H35NO14P4. The average Bonchev–Trinajstić information content (AvgIpc) is 2.68. The van der Waals surface area contributed by atoms with E-state index in [-0.39, 0.29) is 31.4 Å². The Kier molecular flexibility index (Phi) is 15.3. The van der Waals surface area contributed by atoms with Crippen molar-refractivity contribution in [1.82, 2.24) is 0 Å². The van der Waals surface area contributed by atoms with Crippen molar-refractivity contribution in [3.05, 3.63) is 42.5 Å². The number of anilines is 1. The van der Waals surface area contributed by atoms with Crippen LogP contribution in [0.25, 0.3) is 0 Å². The Morgan fingerprint density at radius 2 is 1.45 bits per heavy atom. The third-order valence-corrected chi connectivity index (χ3v) is 10.4. The average molecular weight is 625 g/mol. The molecule has 0 aliphatic heterocycles. The van der Waals surface area contributed by atoms with Gasteiger partial charge in [0.2, 0.25) is 0 Å². The number of nitrogens with two attached hydrogens (primary N) is 1. The van der Waals surface area contributed by atoms with Crippen LogP contribution in [0, 0.1) is 5.92 Å². The second-order valence-electron chi connectivity index (χ2n) is 8.40. The van der Waals surface area contributed by atoms with Crippen molar-refractivity contribution in [1.29, 1.82) is 0 Å². The van der Waals surface area contributed by atoms with Gasteiger partial charge in [0.05, 0.1) is 25.5 Å². The molecule has 11 N–H and O–H groups in total. The normalized spacial score (nSPS) is 14.4. The lowest BCUT2D eigenvalue weighted by Gasteiger charge is -2.23. The molecule has 15 nitrogen and oxygen atoms in total. The van der Waals surface area contributed by atoms with Gasteiger partial charge in [-0.25, -0.2) is 0 Å². The van der Waals surface area contributed by atoms with E-state index in [0.29, 0.717) is 5.69 Å². The number of ketones is 1. The zero-order valence-corrected chi connectivity index (χ0v) is 23.8. The number of aliphatic hydroxyl groups is 1. The van der Waals surface area contributed by atoms with Crippen molar-refractivity contribution in [2.24, 2.45) is 5.92 Å². The number of carbonyl (C=O) groups excluding carboxylic acids is 1. The van der Waals surface area contributed by atoms with Gasteiger partial charge < -0.3 is 54.7 Å². The van der Waals surface area contributed by atoms with Crippen LogP contribution >= 0.6 is 30.1 Å². The van der Waals surface area contributed by atoms with Gasteiger partial charge in [0, 0.05) is 23.8 Å². The Labute approximate surface area is 219 Å². The second-order valence-corrected chi connectivity index (χ2v) is 16.2. The predicted molar refractivity (Wildman–Crippen MR) is 143 cm³/mol. The van der Waals surface area contributed by atoms with Crippen LogP contribution in [0.5, 0.6) is 0 Å². The van der Waals surface area contributed by atoms with E-state index < -0.39 is 65.9 Å². The smallest absolute Gasteiger partial charge is 0.341 e. The molecule has 0 radical (unpaired) electrons. The van der Waals surface area contributed by atoms with Gasteiger partial charge in [0.1, 0.15) is 7.34 Å². The molecule has 1 rings (SSSR count). The topological polar surface area (TPSA) is 286 Å². The van der Waals surface area contributed by atoms with Crippen LogP contribution in [0.15, 0.2) is 36.9 Å². The summed E-state index contributed by atoms with van der Waals surface area (Å²) in [6.07, 6.45) is 2.02. The van der Waals surface area contributed by atoms with E-state index in [1.165, 1.54) is 30.3 Å². The van der Waals surface area contributed by atoms with Crippen LogP contribution in [-0.4, -0.2) is 93.4 Å². The highest BCUT2D eigenvalue weighted by atomic mass is 31.2. The number of carbonyl (C=O) groups is 1. The molecular weight excluding hydrogens is 590 g/mol.